The average Bonchev–Trinajstić information content (AvgIpc) is 3.85. The van der Waals surface area contributed by atoms with Gasteiger partial charge in [-0.25, -0.2) is 0 Å². The number of nitrogens with two attached hydrogens (primary N) is 4. The van der Waals surface area contributed by atoms with Crippen molar-refractivity contribution in [2.24, 2.45) is 39.1 Å². The fourth-order valence-corrected chi connectivity index (χ4v) is 6.86. The summed E-state index contributed by atoms with van der Waals surface area (Å²) < 4.78 is 0. The Bertz CT molecular complexity index is 1130. The van der Waals surface area contributed by atoms with Crippen LogP contribution in [0, 0.1) is 5.92 Å². The molecule has 0 bridgehead atoms. The molecule has 2 aliphatic rings. The predicted molar refractivity (Wildman–Crippen MR) is 201 cm³/mol. The normalized spacial score (nSPS) is 18.0. The molecule has 52 heavy (non-hydrogen) atoms. The third-order valence-corrected chi connectivity index (χ3v) is 10.2. The molecule has 6 atom stereocenters. The summed E-state index contributed by atoms with van der Waals surface area (Å²) in [4.78, 5) is 57.9. The van der Waals surface area contributed by atoms with Crippen LogP contribution >= 0.6 is 23.5 Å². The molecule has 13 N–H and O–H groups in total. The molecule has 2 heterocycles. The van der Waals surface area contributed by atoms with Crippen LogP contribution in [-0.2, 0) is 24.0 Å². The third-order valence-electron chi connectivity index (χ3n) is 7.56. The first-order valence-electron chi connectivity index (χ1n) is 17.1. The minimum absolute atomic E-state index is 0.137. The molecule has 0 saturated carbocycles. The minimum Gasteiger partial charge on any atom is -0.480 e. The van der Waals surface area contributed by atoms with E-state index in [2.05, 4.69) is 25.4 Å². The zero-order chi connectivity index (χ0) is 39.7. The summed E-state index contributed by atoms with van der Waals surface area (Å²) in [5.41, 5.74) is 36.9. The second-order valence-electron chi connectivity index (χ2n) is 11.9. The van der Waals surface area contributed by atoms with Gasteiger partial charge >= 0.3 is 23.9 Å². The van der Waals surface area contributed by atoms with Crippen LogP contribution in [0.2, 0.25) is 0 Å². The van der Waals surface area contributed by atoms with Crippen LogP contribution in [0.15, 0.2) is 10.2 Å². The number of carbonyl (C=O) groups is 5. The lowest BCUT2D eigenvalue weighted by Gasteiger charge is -2.10. The highest BCUT2D eigenvalue weighted by Gasteiger charge is 2.22. The number of unbranched alkanes of at least 4 members (excludes halogenated alkanes) is 2. The number of amides is 1. The number of carboxylic acid groups (broad SMARTS) is 4. The average molecular weight is 780 g/mol. The molecule has 0 aromatic carbocycles. The maximum atomic E-state index is 11.6. The zero-order valence-electron chi connectivity index (χ0n) is 29.5. The van der Waals surface area contributed by atoms with Crippen molar-refractivity contribution in [1.82, 2.24) is 5.32 Å². The van der Waals surface area contributed by atoms with Crippen molar-refractivity contribution < 1.29 is 44.4 Å². The van der Waals surface area contributed by atoms with Gasteiger partial charge in [-0.05, 0) is 99.6 Å². The second-order valence-corrected chi connectivity index (χ2v) is 14.4. The molecule has 0 unspecified atom stereocenters. The van der Waals surface area contributed by atoms with Gasteiger partial charge in [0.1, 0.15) is 24.2 Å². The number of hydrogen-bond acceptors (Lipinski definition) is 13. The Hall–Kier alpha value is -3.49. The molecule has 2 fully saturated rings. The van der Waals surface area contributed by atoms with Crippen molar-refractivity contribution in [2.75, 3.05) is 36.9 Å². The summed E-state index contributed by atoms with van der Waals surface area (Å²) in [5.74, 6) is -0.313. The number of nitrogens with zero attached hydrogens (tertiary/aromatic N) is 6. The van der Waals surface area contributed by atoms with Crippen LogP contribution in [-0.4, -0.2) is 117 Å². The topological polar surface area (TPSA) is 380 Å². The molecule has 2 aliphatic heterocycles. The van der Waals surface area contributed by atoms with Gasteiger partial charge in [-0.15, -0.1) is 0 Å². The molecule has 1 amide bonds. The van der Waals surface area contributed by atoms with E-state index in [9.17, 15) is 24.0 Å². The van der Waals surface area contributed by atoms with Crippen LogP contribution in [0.4, 0.5) is 0 Å². The first-order valence-corrected chi connectivity index (χ1v) is 19.3. The lowest BCUT2D eigenvalue weighted by molar-refractivity contribution is -0.139. The second kappa shape index (κ2) is 33.4. The number of nitrogens with one attached hydrogen (secondary N) is 1. The van der Waals surface area contributed by atoms with E-state index >= 15 is 0 Å². The number of thioether (sulfide) groups is 2. The molecule has 0 aliphatic carbocycles. The molecule has 298 valence electrons. The summed E-state index contributed by atoms with van der Waals surface area (Å²) in [6.45, 7) is 1.33. The number of hydrogen-bond donors (Lipinski definition) is 9. The van der Waals surface area contributed by atoms with Gasteiger partial charge in [-0.2, -0.15) is 23.5 Å². The van der Waals surface area contributed by atoms with Crippen molar-refractivity contribution in [1.29, 1.82) is 0 Å². The summed E-state index contributed by atoms with van der Waals surface area (Å²) in [7, 11) is 0. The van der Waals surface area contributed by atoms with Crippen LogP contribution in [0.3, 0.4) is 0 Å². The summed E-state index contributed by atoms with van der Waals surface area (Å²) >= 11 is 3.77. The first kappa shape index (κ1) is 50.6. The molecule has 0 radical (unpaired) electrons. The highest BCUT2D eigenvalue weighted by Crippen LogP contribution is 2.29. The highest BCUT2D eigenvalue weighted by atomic mass is 32.2. The van der Waals surface area contributed by atoms with Gasteiger partial charge in [-0.3, -0.25) is 24.0 Å². The van der Waals surface area contributed by atoms with Gasteiger partial charge in [0.2, 0.25) is 5.91 Å². The van der Waals surface area contributed by atoms with E-state index in [0.717, 1.165) is 37.2 Å². The molecule has 0 aromatic rings. The summed E-state index contributed by atoms with van der Waals surface area (Å²) in [6.07, 6.45) is 9.67. The molecule has 2 saturated heterocycles. The van der Waals surface area contributed by atoms with E-state index in [1.807, 2.05) is 23.5 Å². The maximum absolute atomic E-state index is 11.6. The van der Waals surface area contributed by atoms with Crippen molar-refractivity contribution >= 4 is 53.3 Å². The van der Waals surface area contributed by atoms with Crippen molar-refractivity contribution in [3.05, 3.63) is 20.9 Å². The van der Waals surface area contributed by atoms with Crippen LogP contribution < -0.4 is 28.3 Å². The van der Waals surface area contributed by atoms with Crippen LogP contribution in [0.5, 0.6) is 0 Å². The molecule has 0 spiro atoms. The molecular formula is C30H57N11O9S2. The SMILES string of the molecule is N[C@@H](CCCCNC(=O)[C@H]1CCSC1)C(=O)O.N[C@@H](CC[C@H]1CCCS1)C(=O)O.[N-]=[N+]=NCCCC[C@H](N)C(=O)O.[N-]=[N+]=NCCC[C@H](N)C(=O)O. The van der Waals surface area contributed by atoms with Gasteiger partial charge in [0.15, 0.2) is 0 Å². The van der Waals surface area contributed by atoms with Gasteiger partial charge in [0.05, 0.1) is 0 Å². The van der Waals surface area contributed by atoms with Crippen LogP contribution in [0.1, 0.15) is 83.5 Å². The standard InChI is InChI=1S/C11H20N2O3S.C8H15NO2S.C6H12N4O2.C5H10N4O2/c12-9(11(15)16)3-1-2-5-13-10(14)8-4-6-17-7-8;9-7(8(10)11)4-3-6-2-1-5-12-6;7-5(6(11)12)3-1-2-4-9-10-8;6-4(5(10)11)2-1-3-8-9-7/h8-9H,1-7,12H2,(H,13,14)(H,15,16);6-7H,1-5,9H2,(H,10,11);5H,1-4,7H2,(H,11,12);4H,1-3,6H2,(H,10,11)/t8-,9-;6-,7+;5-;4-/m0100/s1. The van der Waals surface area contributed by atoms with E-state index < -0.39 is 48.0 Å². The quantitative estimate of drug-likeness (QED) is 0.0330. The fraction of sp³-hybridized carbons (Fsp3) is 0.833. The Labute approximate surface area is 312 Å². The number of rotatable bonds is 22. The Morgan fingerprint density at radius 2 is 1.17 bits per heavy atom. The minimum atomic E-state index is -1.02. The monoisotopic (exact) mass is 779 g/mol. The molecule has 20 nitrogen and oxygen atoms in total. The van der Waals surface area contributed by atoms with Crippen molar-refractivity contribution in [2.45, 2.75) is 113 Å². The van der Waals surface area contributed by atoms with Crippen LogP contribution in [0.25, 0.3) is 20.9 Å². The number of azide groups is 2. The molecular weight excluding hydrogens is 723 g/mol. The van der Waals surface area contributed by atoms with E-state index in [0.29, 0.717) is 69.8 Å². The van der Waals surface area contributed by atoms with E-state index in [-0.39, 0.29) is 11.8 Å². The Balaban J connectivity index is 0. The lowest BCUT2D eigenvalue weighted by atomic mass is 10.1. The number of carboxylic acids is 4. The van der Waals surface area contributed by atoms with E-state index in [4.69, 9.17) is 54.4 Å². The highest BCUT2D eigenvalue weighted by molar-refractivity contribution is 8.00. The van der Waals surface area contributed by atoms with Crippen molar-refractivity contribution in [3.63, 3.8) is 0 Å². The Morgan fingerprint density at radius 1 is 0.692 bits per heavy atom. The number of carbonyl (C=O) groups excluding carboxylic acids is 1. The largest absolute Gasteiger partial charge is 0.480 e. The Morgan fingerprint density at radius 3 is 1.62 bits per heavy atom. The maximum Gasteiger partial charge on any atom is 0.320 e. The summed E-state index contributed by atoms with van der Waals surface area (Å²) in [5, 5.41) is 43.9. The van der Waals surface area contributed by atoms with Gasteiger partial charge < -0.3 is 48.7 Å². The lowest BCUT2D eigenvalue weighted by Crippen LogP contribution is -2.32. The molecule has 22 heteroatoms. The smallest absolute Gasteiger partial charge is 0.320 e. The zero-order valence-corrected chi connectivity index (χ0v) is 31.2. The van der Waals surface area contributed by atoms with Gasteiger partial charge in [0.25, 0.3) is 0 Å². The third kappa shape index (κ3) is 30.2. The van der Waals surface area contributed by atoms with Gasteiger partial charge in [0, 0.05) is 46.4 Å². The van der Waals surface area contributed by atoms with E-state index in [1.54, 1.807) is 0 Å². The molecule has 0 aromatic heterocycles. The van der Waals surface area contributed by atoms with Crippen molar-refractivity contribution in [3.8, 4) is 0 Å². The summed E-state index contributed by atoms with van der Waals surface area (Å²) in [6, 6.07) is -3.08. The fourth-order valence-electron chi connectivity index (χ4n) is 4.34. The predicted octanol–water partition coefficient (Wildman–Crippen LogP) is 2.88. The van der Waals surface area contributed by atoms with E-state index in [1.165, 1.54) is 18.6 Å². The number of aliphatic carboxylic acids is 4. The van der Waals surface area contributed by atoms with Gasteiger partial charge in [-0.1, -0.05) is 16.6 Å². The molecule has 2 rings (SSSR count). The first-order chi connectivity index (χ1) is 24.7. The Kier molecular flexibility index (Phi) is 32.5.